The van der Waals surface area contributed by atoms with E-state index in [0.29, 0.717) is 37.1 Å². The van der Waals surface area contributed by atoms with Crippen LogP contribution in [0.4, 0.5) is 0 Å². The van der Waals surface area contributed by atoms with E-state index in [0.717, 1.165) is 51.5 Å². The Balaban J connectivity index is 0.964. The summed E-state index contributed by atoms with van der Waals surface area (Å²) in [5.41, 5.74) is 7.55. The van der Waals surface area contributed by atoms with Gasteiger partial charge in [0.25, 0.3) is 0 Å². The molecule has 4 bridgehead atoms. The first-order valence-corrected chi connectivity index (χ1v) is 23.8. The van der Waals surface area contributed by atoms with Gasteiger partial charge in [-0.2, -0.15) is 0 Å². The van der Waals surface area contributed by atoms with Gasteiger partial charge < -0.3 is 18.4 Å². The first-order chi connectivity index (χ1) is 30.4. The minimum Gasteiger partial charge on any atom is -0.369 e. The summed E-state index contributed by atoms with van der Waals surface area (Å²) < 4.78 is 16.0. The van der Waals surface area contributed by atoms with Crippen LogP contribution in [0.15, 0.2) is 135 Å². The average molecular weight is 827 g/mol. The van der Waals surface area contributed by atoms with Crippen LogP contribution in [0.5, 0.6) is 0 Å². The van der Waals surface area contributed by atoms with Crippen LogP contribution in [0.25, 0.3) is 32.6 Å². The number of rotatable bonds is 16. The molecule has 6 saturated heterocycles. The number of hydrogen-bond donors (Lipinski definition) is 0. The lowest BCUT2D eigenvalue weighted by atomic mass is 9.69. The second-order valence-corrected chi connectivity index (χ2v) is 19.5. The number of nitrogens with zero attached hydrogens (tertiary/aromatic N) is 4. The SMILES string of the molecule is C=CCOC(c1ccnc2ccccc12)C1C[N+]2(Cc3ccc4ccc(C[N+]56CCC(CC5C(OCC=C)c5ccnc7ccccc57)C(CC)C6)cc4c3)CCC1CC2CC. The normalized spacial score (nSPS) is 28.9. The number of hydrogen-bond acceptors (Lipinski definition) is 4. The van der Waals surface area contributed by atoms with Gasteiger partial charge >= 0.3 is 0 Å². The van der Waals surface area contributed by atoms with Crippen LogP contribution < -0.4 is 0 Å². The Kier molecular flexibility index (Phi) is 11.6. The van der Waals surface area contributed by atoms with Crippen LogP contribution in [-0.4, -0.2) is 70.4 Å². The van der Waals surface area contributed by atoms with Crippen molar-refractivity contribution in [3.05, 3.63) is 157 Å². The largest absolute Gasteiger partial charge is 0.369 e. The molecule has 6 aliphatic rings. The molecule has 6 aromatic rings. The van der Waals surface area contributed by atoms with Crippen molar-refractivity contribution in [2.45, 2.75) is 89.8 Å². The first kappa shape index (κ1) is 41.3. The summed E-state index contributed by atoms with van der Waals surface area (Å²) >= 11 is 0. The van der Waals surface area contributed by atoms with Crippen LogP contribution in [0.3, 0.4) is 0 Å². The Morgan fingerprint density at radius 2 is 1.24 bits per heavy atom. The topological polar surface area (TPSA) is 44.2 Å². The minimum atomic E-state index is -0.0226. The summed E-state index contributed by atoms with van der Waals surface area (Å²) in [7, 11) is 0. The van der Waals surface area contributed by atoms with Crippen molar-refractivity contribution in [2.75, 3.05) is 39.4 Å². The molecule has 0 amide bonds. The van der Waals surface area contributed by atoms with Gasteiger partial charge in [0.05, 0.1) is 62.6 Å². The molecule has 0 radical (unpaired) electrons. The third-order valence-electron chi connectivity index (χ3n) is 16.4. The van der Waals surface area contributed by atoms with E-state index in [-0.39, 0.29) is 12.2 Å². The molecule has 62 heavy (non-hydrogen) atoms. The van der Waals surface area contributed by atoms with Crippen molar-refractivity contribution in [3.8, 4) is 0 Å². The summed E-state index contributed by atoms with van der Waals surface area (Å²) in [6, 6.07) is 37.4. The fourth-order valence-electron chi connectivity index (χ4n) is 13.5. The van der Waals surface area contributed by atoms with Crippen molar-refractivity contribution in [2.24, 2.45) is 23.7 Å². The molecule has 6 nitrogen and oxygen atoms in total. The van der Waals surface area contributed by atoms with E-state index in [1.165, 1.54) is 102 Å². The number of benzene rings is 4. The Hall–Kier alpha value is -4.72. The number of fused-ring (bicyclic) bond motifs is 9. The highest BCUT2D eigenvalue weighted by Gasteiger charge is 2.56. The molecular formula is C56H66N4O2+2. The molecule has 0 spiro atoms. The molecule has 0 saturated carbocycles. The van der Waals surface area contributed by atoms with Gasteiger partial charge in [0.2, 0.25) is 0 Å². The highest BCUT2D eigenvalue weighted by molar-refractivity contribution is 5.84. The lowest BCUT2D eigenvalue weighted by Crippen LogP contribution is -2.67. The summed E-state index contributed by atoms with van der Waals surface area (Å²) in [6.07, 6.45) is 15.3. The Morgan fingerprint density at radius 3 is 1.89 bits per heavy atom. The lowest BCUT2D eigenvalue weighted by Gasteiger charge is -2.59. The van der Waals surface area contributed by atoms with Gasteiger partial charge in [-0.3, -0.25) is 9.97 Å². The van der Waals surface area contributed by atoms with Gasteiger partial charge in [-0.25, -0.2) is 0 Å². The molecule has 8 heterocycles. The quantitative estimate of drug-likeness (QED) is 0.0720. The van der Waals surface area contributed by atoms with E-state index in [9.17, 15) is 0 Å². The van der Waals surface area contributed by atoms with Gasteiger partial charge in [-0.05, 0) is 83.0 Å². The molecule has 4 aromatic carbocycles. The second kappa shape index (κ2) is 17.4. The van der Waals surface area contributed by atoms with Crippen LogP contribution in [0.1, 0.15) is 86.8 Å². The Bertz CT molecular complexity index is 2560. The maximum atomic E-state index is 6.92. The molecule has 0 aliphatic carbocycles. The number of quaternary nitrogens is 2. The van der Waals surface area contributed by atoms with Crippen molar-refractivity contribution in [1.82, 2.24) is 9.97 Å². The summed E-state index contributed by atoms with van der Waals surface area (Å²) in [5.74, 6) is 2.59. The van der Waals surface area contributed by atoms with Crippen molar-refractivity contribution in [3.63, 3.8) is 0 Å². The van der Waals surface area contributed by atoms with Gasteiger partial charge in [-0.1, -0.05) is 86.7 Å². The summed E-state index contributed by atoms with van der Waals surface area (Å²) in [4.78, 5) is 9.48. The van der Waals surface area contributed by atoms with E-state index >= 15 is 0 Å². The molecular weight excluding hydrogens is 761 g/mol. The summed E-state index contributed by atoms with van der Waals surface area (Å²) in [6.45, 7) is 21.0. The highest BCUT2D eigenvalue weighted by atomic mass is 16.5. The minimum absolute atomic E-state index is 0.0169. The zero-order valence-electron chi connectivity index (χ0n) is 37.1. The molecule has 10 atom stereocenters. The number of pyridine rings is 2. The zero-order chi connectivity index (χ0) is 42.3. The fourth-order valence-corrected chi connectivity index (χ4v) is 13.5. The van der Waals surface area contributed by atoms with E-state index in [1.54, 1.807) is 0 Å². The fraction of sp³-hybridized carbons (Fsp3) is 0.429. The average Bonchev–Trinajstić information content (AvgIpc) is 3.32. The third-order valence-corrected chi connectivity index (χ3v) is 16.4. The van der Waals surface area contributed by atoms with Crippen LogP contribution in [0, 0.1) is 23.7 Å². The van der Waals surface area contributed by atoms with Crippen molar-refractivity contribution in [1.29, 1.82) is 0 Å². The van der Waals surface area contributed by atoms with Gasteiger partial charge in [0.1, 0.15) is 25.2 Å². The first-order valence-electron chi connectivity index (χ1n) is 23.8. The molecule has 6 heteroatoms. The van der Waals surface area contributed by atoms with E-state index in [2.05, 4.69) is 124 Å². The predicted octanol–water partition coefficient (Wildman–Crippen LogP) is 12.1. The third kappa shape index (κ3) is 7.51. The maximum Gasteiger partial charge on any atom is 0.135 e. The smallest absolute Gasteiger partial charge is 0.135 e. The van der Waals surface area contributed by atoms with Crippen molar-refractivity contribution >= 4 is 32.6 Å². The number of para-hydroxylation sites is 2. The predicted molar refractivity (Wildman–Crippen MR) is 253 cm³/mol. The van der Waals surface area contributed by atoms with Crippen molar-refractivity contribution < 1.29 is 18.4 Å². The number of ether oxygens (including phenoxy) is 2. The van der Waals surface area contributed by atoms with Crippen LogP contribution >= 0.6 is 0 Å². The summed E-state index contributed by atoms with van der Waals surface area (Å²) in [5, 5.41) is 5.13. The monoisotopic (exact) mass is 827 g/mol. The maximum absolute atomic E-state index is 6.92. The van der Waals surface area contributed by atoms with E-state index < -0.39 is 0 Å². The van der Waals surface area contributed by atoms with Gasteiger partial charge in [-0.15, -0.1) is 13.2 Å². The zero-order valence-corrected chi connectivity index (χ0v) is 37.1. The standard InChI is InChI=1S/C56H66N4O2/c1-5-29-61-55(49-21-25-57-52-15-11-9-13-47(49)52)51-38-59(27-24-44(51)33-46(59)8-4)35-39-17-19-42-20-18-40(32-45(42)31-39)36-60-28-23-43(41(7-3)37-60)34-54(60)56(62-30-6-2)50-22-26-58-53-16-12-10-14-48(50)53/h5-6,9-22,25-26,31-32,41,43-44,46,51,54-56H,1-2,7-8,23-24,27-30,33-38H2,3-4H3/q+2. The number of piperidine rings is 6. The molecule has 10 unspecified atom stereocenters. The molecule has 320 valence electrons. The van der Waals surface area contributed by atoms with Gasteiger partial charge in [0, 0.05) is 71.8 Å². The lowest BCUT2D eigenvalue weighted by molar-refractivity contribution is -0.986. The van der Waals surface area contributed by atoms with E-state index in [1.807, 2.05) is 24.5 Å². The number of aromatic nitrogens is 2. The second-order valence-electron chi connectivity index (χ2n) is 19.5. The van der Waals surface area contributed by atoms with Gasteiger partial charge in [0.15, 0.2) is 0 Å². The van der Waals surface area contributed by atoms with Crippen LogP contribution in [-0.2, 0) is 22.6 Å². The Labute approximate surface area is 369 Å². The molecule has 12 rings (SSSR count). The molecule has 2 aromatic heterocycles. The van der Waals surface area contributed by atoms with Crippen LogP contribution in [0.2, 0.25) is 0 Å². The molecule has 0 N–H and O–H groups in total. The molecule has 6 aliphatic heterocycles. The Morgan fingerprint density at radius 1 is 0.645 bits per heavy atom. The molecule has 6 fully saturated rings. The highest BCUT2D eigenvalue weighted by Crippen LogP contribution is 2.52. The van der Waals surface area contributed by atoms with E-state index in [4.69, 9.17) is 19.4 Å².